The van der Waals surface area contributed by atoms with Crippen molar-refractivity contribution in [3.8, 4) is 5.75 Å². The summed E-state index contributed by atoms with van der Waals surface area (Å²) in [5.74, 6) is -1.91. The number of aryl methyl sites for hydroxylation is 1. The van der Waals surface area contributed by atoms with Crippen LogP contribution in [0.1, 0.15) is 24.5 Å². The van der Waals surface area contributed by atoms with Crippen LogP contribution in [0.5, 0.6) is 5.75 Å². The zero-order valence-corrected chi connectivity index (χ0v) is 20.3. The standard InChI is InChI=1S/C23H27ClF2N2O5S/c1-16-13-27(14-17-4-6-20(25)21(26)11-17)8-9-28(16)23(29)15-33-22-7-5-19(24)12-18(22)3-2-10-34(30,31)32/h4-7,11-12,16H,2-3,8-10,13-15H2,1H3,(H,30,31,32)/t16-/m1/s1. The van der Waals surface area contributed by atoms with Gasteiger partial charge in [0.15, 0.2) is 18.2 Å². The topological polar surface area (TPSA) is 87.2 Å². The summed E-state index contributed by atoms with van der Waals surface area (Å²) in [7, 11) is -4.07. The number of rotatable bonds is 9. The van der Waals surface area contributed by atoms with Gasteiger partial charge in [-0.05, 0) is 61.2 Å². The van der Waals surface area contributed by atoms with Gasteiger partial charge in [-0.15, -0.1) is 0 Å². The Kier molecular flexibility index (Phi) is 8.86. The van der Waals surface area contributed by atoms with E-state index in [4.69, 9.17) is 20.9 Å². The van der Waals surface area contributed by atoms with Gasteiger partial charge in [0.05, 0.1) is 5.75 Å². The highest BCUT2D eigenvalue weighted by Gasteiger charge is 2.28. The van der Waals surface area contributed by atoms with Crippen LogP contribution < -0.4 is 4.74 Å². The number of amides is 1. The Morgan fingerprint density at radius 3 is 2.62 bits per heavy atom. The van der Waals surface area contributed by atoms with Gasteiger partial charge >= 0.3 is 0 Å². The van der Waals surface area contributed by atoms with Crippen molar-refractivity contribution in [2.24, 2.45) is 0 Å². The Morgan fingerprint density at radius 1 is 1.18 bits per heavy atom. The first kappa shape index (κ1) is 26.3. The molecule has 11 heteroatoms. The summed E-state index contributed by atoms with van der Waals surface area (Å²) >= 11 is 6.03. The van der Waals surface area contributed by atoms with E-state index in [0.717, 1.165) is 6.07 Å². The van der Waals surface area contributed by atoms with E-state index in [-0.39, 0.29) is 30.7 Å². The molecule has 3 rings (SSSR count). The number of benzene rings is 2. The predicted octanol–water partition coefficient (Wildman–Crippen LogP) is 3.55. The van der Waals surface area contributed by atoms with Gasteiger partial charge in [-0.3, -0.25) is 14.2 Å². The van der Waals surface area contributed by atoms with Gasteiger partial charge in [-0.1, -0.05) is 17.7 Å². The van der Waals surface area contributed by atoms with E-state index in [9.17, 15) is 22.0 Å². The predicted molar refractivity (Wildman–Crippen MR) is 124 cm³/mol. The zero-order chi connectivity index (χ0) is 24.9. The van der Waals surface area contributed by atoms with Crippen LogP contribution in [0, 0.1) is 11.6 Å². The fourth-order valence-corrected chi connectivity index (χ4v) is 4.70. The molecule has 1 atom stereocenters. The lowest BCUT2D eigenvalue weighted by Crippen LogP contribution is -2.54. The van der Waals surface area contributed by atoms with Crippen LogP contribution in [-0.4, -0.2) is 66.7 Å². The summed E-state index contributed by atoms with van der Waals surface area (Å²) in [4.78, 5) is 16.6. The molecule has 1 aliphatic heterocycles. The zero-order valence-electron chi connectivity index (χ0n) is 18.7. The number of carbonyl (C=O) groups is 1. The second-order valence-electron chi connectivity index (χ2n) is 8.35. The van der Waals surface area contributed by atoms with Crippen LogP contribution in [0.4, 0.5) is 8.78 Å². The minimum absolute atomic E-state index is 0.102. The van der Waals surface area contributed by atoms with Crippen molar-refractivity contribution in [1.29, 1.82) is 0 Å². The van der Waals surface area contributed by atoms with Crippen molar-refractivity contribution in [3.05, 3.63) is 64.2 Å². The average molecular weight is 517 g/mol. The molecule has 7 nitrogen and oxygen atoms in total. The molecule has 0 radical (unpaired) electrons. The van der Waals surface area contributed by atoms with Gasteiger partial charge in [-0.25, -0.2) is 8.78 Å². The molecule has 186 valence electrons. The molecular weight excluding hydrogens is 490 g/mol. The molecule has 2 aromatic carbocycles. The number of carbonyl (C=O) groups excluding carboxylic acids is 1. The molecule has 1 N–H and O–H groups in total. The Hall–Kier alpha value is -2.27. The summed E-state index contributed by atoms with van der Waals surface area (Å²) in [6, 6.07) is 8.63. The van der Waals surface area contributed by atoms with Crippen LogP contribution in [0.3, 0.4) is 0 Å². The Morgan fingerprint density at radius 2 is 1.94 bits per heavy atom. The first-order valence-corrected chi connectivity index (χ1v) is 12.8. The van der Waals surface area contributed by atoms with Crippen molar-refractivity contribution in [3.63, 3.8) is 0 Å². The van der Waals surface area contributed by atoms with Crippen molar-refractivity contribution < 1.29 is 31.3 Å². The van der Waals surface area contributed by atoms with Gasteiger partial charge in [-0.2, -0.15) is 8.42 Å². The van der Waals surface area contributed by atoms with E-state index in [1.165, 1.54) is 6.07 Å². The van der Waals surface area contributed by atoms with E-state index < -0.39 is 21.8 Å². The van der Waals surface area contributed by atoms with Gasteiger partial charge < -0.3 is 9.64 Å². The second-order valence-corrected chi connectivity index (χ2v) is 10.4. The van der Waals surface area contributed by atoms with Gasteiger partial charge in [0.2, 0.25) is 0 Å². The number of hydrogen-bond acceptors (Lipinski definition) is 5. The molecule has 0 aliphatic carbocycles. The third-order valence-electron chi connectivity index (χ3n) is 5.64. The molecule has 1 heterocycles. The molecule has 1 aliphatic rings. The highest BCUT2D eigenvalue weighted by Crippen LogP contribution is 2.25. The number of ether oxygens (including phenoxy) is 1. The molecule has 1 amide bonds. The van der Waals surface area contributed by atoms with Gasteiger partial charge in [0.25, 0.3) is 16.0 Å². The monoisotopic (exact) mass is 516 g/mol. The van der Waals surface area contributed by atoms with Crippen LogP contribution in [0.15, 0.2) is 36.4 Å². The molecule has 1 fully saturated rings. The van der Waals surface area contributed by atoms with E-state index in [1.54, 1.807) is 29.2 Å². The summed E-state index contributed by atoms with van der Waals surface area (Å²) in [6.07, 6.45) is 0.489. The maximum atomic E-state index is 13.5. The summed E-state index contributed by atoms with van der Waals surface area (Å²) in [6.45, 7) is 3.80. The normalized spacial score (nSPS) is 17.1. The Bertz CT molecular complexity index is 1130. The molecule has 2 aromatic rings. The number of piperazine rings is 1. The molecule has 0 unspecified atom stereocenters. The van der Waals surface area contributed by atoms with Crippen LogP contribution in [0.25, 0.3) is 0 Å². The lowest BCUT2D eigenvalue weighted by molar-refractivity contribution is -0.138. The first-order chi connectivity index (χ1) is 16.0. The summed E-state index contributed by atoms with van der Waals surface area (Å²) in [5.41, 5.74) is 1.31. The highest BCUT2D eigenvalue weighted by molar-refractivity contribution is 7.85. The van der Waals surface area contributed by atoms with Crippen molar-refractivity contribution >= 4 is 27.6 Å². The third kappa shape index (κ3) is 7.63. The smallest absolute Gasteiger partial charge is 0.264 e. The first-order valence-electron chi connectivity index (χ1n) is 10.8. The van der Waals surface area contributed by atoms with Crippen molar-refractivity contribution in [2.75, 3.05) is 32.0 Å². The van der Waals surface area contributed by atoms with E-state index in [0.29, 0.717) is 54.5 Å². The van der Waals surface area contributed by atoms with E-state index in [1.807, 2.05) is 6.92 Å². The van der Waals surface area contributed by atoms with Crippen LogP contribution >= 0.6 is 11.6 Å². The van der Waals surface area contributed by atoms with Crippen molar-refractivity contribution in [1.82, 2.24) is 9.80 Å². The van der Waals surface area contributed by atoms with Crippen LogP contribution in [0.2, 0.25) is 5.02 Å². The van der Waals surface area contributed by atoms with Gasteiger partial charge in [0, 0.05) is 37.2 Å². The maximum Gasteiger partial charge on any atom is 0.264 e. The fraction of sp³-hybridized carbons (Fsp3) is 0.435. The third-order valence-corrected chi connectivity index (χ3v) is 6.68. The maximum absolute atomic E-state index is 13.5. The number of hydrogen-bond donors (Lipinski definition) is 1. The quantitative estimate of drug-likeness (QED) is 0.513. The Labute approximate surface area is 203 Å². The SMILES string of the molecule is C[C@@H]1CN(Cc2ccc(F)c(F)c2)CCN1C(=O)COc1ccc(Cl)cc1CCCS(=O)(=O)O. The molecule has 0 spiro atoms. The Balaban J connectivity index is 1.54. The molecule has 0 bridgehead atoms. The second kappa shape index (κ2) is 11.4. The molecule has 34 heavy (non-hydrogen) atoms. The number of nitrogens with zero attached hydrogens (tertiary/aromatic N) is 2. The van der Waals surface area contributed by atoms with Gasteiger partial charge in [0.1, 0.15) is 5.75 Å². The fourth-order valence-electron chi connectivity index (χ4n) is 3.99. The highest BCUT2D eigenvalue weighted by atomic mass is 35.5. The van der Waals surface area contributed by atoms with Crippen molar-refractivity contribution in [2.45, 2.75) is 32.4 Å². The van der Waals surface area contributed by atoms with E-state index >= 15 is 0 Å². The minimum atomic E-state index is -4.07. The average Bonchev–Trinajstić information content (AvgIpc) is 2.75. The van der Waals surface area contributed by atoms with Crippen LogP contribution in [-0.2, 0) is 27.9 Å². The molecule has 0 saturated carbocycles. The largest absolute Gasteiger partial charge is 0.483 e. The molecular formula is C23H27ClF2N2O5S. The lowest BCUT2D eigenvalue weighted by Gasteiger charge is -2.40. The summed E-state index contributed by atoms with van der Waals surface area (Å²) in [5, 5.41) is 0.450. The molecule has 1 saturated heterocycles. The minimum Gasteiger partial charge on any atom is -0.483 e. The van der Waals surface area contributed by atoms with E-state index in [2.05, 4.69) is 4.90 Å². The number of halogens is 3. The lowest BCUT2D eigenvalue weighted by atomic mass is 10.1. The molecule has 0 aromatic heterocycles. The summed E-state index contributed by atoms with van der Waals surface area (Å²) < 4.78 is 63.2.